The average Bonchev–Trinajstić information content (AvgIpc) is 3.35. The SMILES string of the molecule is COc1cccc2c1Cc1c-2n[nH]c1-c1c(-c2ccccc2)noc1C. The van der Waals surface area contributed by atoms with Gasteiger partial charge in [0, 0.05) is 28.7 Å². The van der Waals surface area contributed by atoms with E-state index in [0.717, 1.165) is 57.3 Å². The average molecular weight is 343 g/mol. The minimum absolute atomic E-state index is 0.776. The maximum absolute atomic E-state index is 5.54. The monoisotopic (exact) mass is 343 g/mol. The first-order valence-corrected chi connectivity index (χ1v) is 8.53. The van der Waals surface area contributed by atoms with Crippen molar-refractivity contribution in [2.75, 3.05) is 7.11 Å². The van der Waals surface area contributed by atoms with Gasteiger partial charge in [-0.3, -0.25) is 5.10 Å². The van der Waals surface area contributed by atoms with Gasteiger partial charge >= 0.3 is 0 Å². The van der Waals surface area contributed by atoms with Crippen LogP contribution >= 0.6 is 0 Å². The maximum Gasteiger partial charge on any atom is 0.143 e. The van der Waals surface area contributed by atoms with Crippen LogP contribution in [-0.2, 0) is 6.42 Å². The summed E-state index contributed by atoms with van der Waals surface area (Å²) in [6, 6.07) is 16.2. The lowest BCUT2D eigenvalue weighted by Crippen LogP contribution is -1.93. The van der Waals surface area contributed by atoms with Crippen LogP contribution < -0.4 is 4.74 Å². The second-order valence-electron chi connectivity index (χ2n) is 6.42. The number of nitrogens with zero attached hydrogens (tertiary/aromatic N) is 2. The number of hydrogen-bond acceptors (Lipinski definition) is 4. The van der Waals surface area contributed by atoms with Gasteiger partial charge in [0.1, 0.15) is 17.2 Å². The number of aromatic nitrogens is 3. The number of methoxy groups -OCH3 is 1. The highest BCUT2D eigenvalue weighted by Crippen LogP contribution is 2.45. The summed E-state index contributed by atoms with van der Waals surface area (Å²) in [6.45, 7) is 1.94. The standard InChI is InChI=1S/C21H17N3O2/c1-12-18(19(24-26-12)13-7-4-3-5-8-13)21-16-11-15-14(20(16)22-23-21)9-6-10-17(15)25-2/h3-10H,11H2,1-2H3,(H,22,23). The Morgan fingerprint density at radius 2 is 1.85 bits per heavy atom. The van der Waals surface area contributed by atoms with E-state index in [1.807, 2.05) is 49.4 Å². The lowest BCUT2D eigenvalue weighted by Gasteiger charge is -2.07. The molecule has 5 heteroatoms. The number of fused-ring (bicyclic) bond motifs is 3. The van der Waals surface area contributed by atoms with Crippen molar-refractivity contribution in [1.29, 1.82) is 0 Å². The zero-order valence-corrected chi connectivity index (χ0v) is 14.5. The molecule has 2 aromatic carbocycles. The van der Waals surface area contributed by atoms with Crippen molar-refractivity contribution in [2.45, 2.75) is 13.3 Å². The van der Waals surface area contributed by atoms with Crippen molar-refractivity contribution in [3.05, 3.63) is 65.4 Å². The summed E-state index contributed by atoms with van der Waals surface area (Å²) >= 11 is 0. The molecular formula is C21H17N3O2. The van der Waals surface area contributed by atoms with E-state index in [0.29, 0.717) is 0 Å². The number of benzene rings is 2. The van der Waals surface area contributed by atoms with Crippen molar-refractivity contribution in [2.24, 2.45) is 0 Å². The third-order valence-electron chi connectivity index (χ3n) is 4.99. The van der Waals surface area contributed by atoms with Gasteiger partial charge in [-0.1, -0.05) is 47.6 Å². The van der Waals surface area contributed by atoms with E-state index in [1.165, 1.54) is 5.56 Å². The van der Waals surface area contributed by atoms with Crippen molar-refractivity contribution in [1.82, 2.24) is 15.4 Å². The molecule has 1 aliphatic rings. The van der Waals surface area contributed by atoms with Crippen LogP contribution in [0.5, 0.6) is 5.75 Å². The molecule has 2 aromatic heterocycles. The van der Waals surface area contributed by atoms with E-state index in [9.17, 15) is 0 Å². The Kier molecular flexibility index (Phi) is 3.22. The van der Waals surface area contributed by atoms with E-state index in [-0.39, 0.29) is 0 Å². The Balaban J connectivity index is 1.69. The van der Waals surface area contributed by atoms with Crippen LogP contribution in [-0.4, -0.2) is 22.5 Å². The highest BCUT2D eigenvalue weighted by atomic mass is 16.5. The fourth-order valence-electron chi connectivity index (χ4n) is 3.76. The number of ether oxygens (including phenoxy) is 1. The number of nitrogens with one attached hydrogen (secondary N) is 1. The highest BCUT2D eigenvalue weighted by Gasteiger charge is 2.30. The van der Waals surface area contributed by atoms with Gasteiger partial charge in [-0.2, -0.15) is 5.10 Å². The zero-order chi connectivity index (χ0) is 17.7. The maximum atomic E-state index is 5.54. The fraction of sp³-hybridized carbons (Fsp3) is 0.143. The molecule has 5 rings (SSSR count). The second-order valence-corrected chi connectivity index (χ2v) is 6.42. The third kappa shape index (κ3) is 2.03. The van der Waals surface area contributed by atoms with Gasteiger partial charge in [-0.05, 0) is 13.0 Å². The second kappa shape index (κ2) is 5.59. The van der Waals surface area contributed by atoms with Crippen LogP contribution in [0.3, 0.4) is 0 Å². The fourth-order valence-corrected chi connectivity index (χ4v) is 3.76. The van der Waals surface area contributed by atoms with Crippen molar-refractivity contribution in [3.8, 4) is 39.5 Å². The highest BCUT2D eigenvalue weighted by molar-refractivity contribution is 5.88. The van der Waals surface area contributed by atoms with E-state index in [2.05, 4.69) is 21.4 Å². The number of hydrogen-bond donors (Lipinski definition) is 1. The Bertz CT molecular complexity index is 1110. The molecule has 128 valence electrons. The third-order valence-corrected chi connectivity index (χ3v) is 4.99. The first-order chi connectivity index (χ1) is 12.8. The van der Waals surface area contributed by atoms with Gasteiger partial charge < -0.3 is 9.26 Å². The Labute approximate surface area is 150 Å². The predicted octanol–water partition coefficient (Wildman–Crippen LogP) is 4.62. The minimum atomic E-state index is 0.776. The molecule has 1 aliphatic carbocycles. The Hall–Kier alpha value is -3.34. The summed E-state index contributed by atoms with van der Waals surface area (Å²) in [5.41, 5.74) is 8.23. The summed E-state index contributed by atoms with van der Waals surface area (Å²) in [5.74, 6) is 1.68. The molecule has 4 aromatic rings. The topological polar surface area (TPSA) is 63.9 Å². The number of rotatable bonds is 3. The van der Waals surface area contributed by atoms with Gasteiger partial charge in [-0.25, -0.2) is 0 Å². The molecule has 0 radical (unpaired) electrons. The van der Waals surface area contributed by atoms with Crippen LogP contribution in [0.15, 0.2) is 53.1 Å². The quantitative estimate of drug-likeness (QED) is 0.519. The van der Waals surface area contributed by atoms with Crippen molar-refractivity contribution >= 4 is 0 Å². The molecule has 26 heavy (non-hydrogen) atoms. The molecule has 0 saturated carbocycles. The largest absolute Gasteiger partial charge is 0.496 e. The van der Waals surface area contributed by atoms with Gasteiger partial charge in [0.05, 0.1) is 24.1 Å². The van der Waals surface area contributed by atoms with Crippen LogP contribution in [0.2, 0.25) is 0 Å². The zero-order valence-electron chi connectivity index (χ0n) is 14.5. The molecule has 0 saturated heterocycles. The molecule has 0 bridgehead atoms. The molecule has 0 aliphatic heterocycles. The number of H-pyrrole nitrogens is 1. The van der Waals surface area contributed by atoms with Gasteiger partial charge in [0.15, 0.2) is 0 Å². The number of aromatic amines is 1. The van der Waals surface area contributed by atoms with Crippen LogP contribution in [0.4, 0.5) is 0 Å². The Morgan fingerprint density at radius 1 is 1.00 bits per heavy atom. The summed E-state index contributed by atoms with van der Waals surface area (Å²) in [4.78, 5) is 0. The molecule has 5 nitrogen and oxygen atoms in total. The van der Waals surface area contributed by atoms with E-state index < -0.39 is 0 Å². The lowest BCUT2D eigenvalue weighted by molar-refractivity contribution is 0.400. The van der Waals surface area contributed by atoms with Gasteiger partial charge in [-0.15, -0.1) is 0 Å². The summed E-state index contributed by atoms with van der Waals surface area (Å²) < 4.78 is 11.1. The molecule has 0 amide bonds. The van der Waals surface area contributed by atoms with Crippen LogP contribution in [0.1, 0.15) is 16.9 Å². The normalized spacial score (nSPS) is 12.1. The molecule has 0 unspecified atom stereocenters. The number of aryl methyl sites for hydroxylation is 1. The van der Waals surface area contributed by atoms with Gasteiger partial charge in [0.25, 0.3) is 0 Å². The van der Waals surface area contributed by atoms with E-state index >= 15 is 0 Å². The molecule has 0 spiro atoms. The van der Waals surface area contributed by atoms with E-state index in [1.54, 1.807) is 7.11 Å². The first kappa shape index (κ1) is 15.0. The predicted molar refractivity (Wildman–Crippen MR) is 99.1 cm³/mol. The van der Waals surface area contributed by atoms with Crippen molar-refractivity contribution < 1.29 is 9.26 Å². The summed E-state index contributed by atoms with van der Waals surface area (Å²) in [7, 11) is 1.71. The lowest BCUT2D eigenvalue weighted by atomic mass is 10.00. The van der Waals surface area contributed by atoms with Crippen LogP contribution in [0, 0.1) is 6.92 Å². The first-order valence-electron chi connectivity index (χ1n) is 8.53. The van der Waals surface area contributed by atoms with Gasteiger partial charge in [0.2, 0.25) is 0 Å². The Morgan fingerprint density at radius 3 is 2.65 bits per heavy atom. The molecule has 0 atom stereocenters. The molecule has 2 heterocycles. The molecule has 1 N–H and O–H groups in total. The van der Waals surface area contributed by atoms with Crippen molar-refractivity contribution in [3.63, 3.8) is 0 Å². The van der Waals surface area contributed by atoms with E-state index in [4.69, 9.17) is 9.26 Å². The molecular weight excluding hydrogens is 326 g/mol. The smallest absolute Gasteiger partial charge is 0.143 e. The molecule has 0 fully saturated rings. The van der Waals surface area contributed by atoms with Crippen LogP contribution in [0.25, 0.3) is 33.8 Å². The summed E-state index contributed by atoms with van der Waals surface area (Å²) in [6.07, 6.45) is 0.777. The minimum Gasteiger partial charge on any atom is -0.496 e. The summed E-state index contributed by atoms with van der Waals surface area (Å²) in [5, 5.41) is 12.1.